The van der Waals surface area contributed by atoms with Crippen LogP contribution >= 0.6 is 24.0 Å². The number of halogens is 4. The quantitative estimate of drug-likeness (QED) is 0.368. The van der Waals surface area contributed by atoms with Gasteiger partial charge < -0.3 is 19.9 Å². The van der Waals surface area contributed by atoms with E-state index in [4.69, 9.17) is 0 Å². The van der Waals surface area contributed by atoms with Crippen LogP contribution in [0.4, 0.5) is 18.9 Å². The zero-order valence-electron chi connectivity index (χ0n) is 16.4. The van der Waals surface area contributed by atoms with Gasteiger partial charge in [-0.1, -0.05) is 18.2 Å². The molecule has 1 aliphatic heterocycles. The summed E-state index contributed by atoms with van der Waals surface area (Å²) in [5, 5.41) is 7.08. The number of aromatic nitrogens is 2. The zero-order valence-corrected chi connectivity index (χ0v) is 18.7. The number of carbonyl (C=O) groups excluding carboxylic acids is 1. The van der Waals surface area contributed by atoms with Gasteiger partial charge in [0.2, 0.25) is 5.91 Å². The first-order chi connectivity index (χ1) is 13.8. The molecule has 0 spiro atoms. The maximum atomic E-state index is 12.6. The highest BCUT2D eigenvalue weighted by Gasteiger charge is 2.32. The molecule has 12 heteroatoms. The molecule has 2 aromatic rings. The number of aliphatic imine (C=N–C) groups is 1. The Morgan fingerprint density at radius 1 is 1.30 bits per heavy atom. The third-order valence-corrected chi connectivity index (χ3v) is 4.37. The molecule has 0 bridgehead atoms. The number of amides is 1. The van der Waals surface area contributed by atoms with Crippen molar-refractivity contribution in [3.05, 3.63) is 42.2 Å². The van der Waals surface area contributed by atoms with Gasteiger partial charge in [0.1, 0.15) is 12.3 Å². The smallest absolute Gasteiger partial charge is 0.405 e. The number of hydrogen-bond acceptors (Lipinski definition) is 4. The number of carbonyl (C=O) groups is 1. The topological polar surface area (TPSA) is 75.0 Å². The summed E-state index contributed by atoms with van der Waals surface area (Å²) in [6, 6.07) is 5.88. The van der Waals surface area contributed by atoms with Crippen molar-refractivity contribution in [1.82, 2.24) is 20.0 Å². The van der Waals surface area contributed by atoms with Gasteiger partial charge in [-0.25, -0.2) is 0 Å². The molecule has 1 saturated heterocycles. The van der Waals surface area contributed by atoms with E-state index in [1.165, 1.54) is 18.2 Å². The van der Waals surface area contributed by atoms with Gasteiger partial charge in [0, 0.05) is 45.5 Å². The van der Waals surface area contributed by atoms with Gasteiger partial charge in [-0.2, -0.15) is 5.10 Å². The Morgan fingerprint density at radius 3 is 2.63 bits per heavy atom. The molecule has 1 aromatic carbocycles. The van der Waals surface area contributed by atoms with E-state index in [1.54, 1.807) is 47.0 Å². The third kappa shape index (κ3) is 6.00. The summed E-state index contributed by atoms with van der Waals surface area (Å²) >= 11 is 0. The number of hydrogen-bond donors (Lipinski definition) is 1. The van der Waals surface area contributed by atoms with Crippen LogP contribution in [0.2, 0.25) is 0 Å². The molecule has 8 nitrogen and oxygen atoms in total. The molecule has 164 valence electrons. The molecular formula is C18H22F3IN6O2. The van der Waals surface area contributed by atoms with Gasteiger partial charge in [-0.15, -0.1) is 37.1 Å². The van der Waals surface area contributed by atoms with E-state index in [1.807, 2.05) is 0 Å². The fourth-order valence-electron chi connectivity index (χ4n) is 3.06. The minimum Gasteiger partial charge on any atom is -0.405 e. The number of ether oxygens (including phenoxy) is 1. The van der Waals surface area contributed by atoms with Crippen LogP contribution in [0.15, 0.2) is 41.7 Å². The zero-order chi connectivity index (χ0) is 21.0. The first-order valence-electron chi connectivity index (χ1n) is 8.85. The second-order valence-electron chi connectivity index (χ2n) is 6.40. The van der Waals surface area contributed by atoms with Crippen molar-refractivity contribution in [2.24, 2.45) is 12.0 Å². The van der Waals surface area contributed by atoms with Crippen LogP contribution in [0.25, 0.3) is 0 Å². The average Bonchev–Trinajstić information content (AvgIpc) is 3.08. The van der Waals surface area contributed by atoms with Crippen LogP contribution in [0.5, 0.6) is 5.75 Å². The lowest BCUT2D eigenvalue weighted by Crippen LogP contribution is -2.55. The van der Waals surface area contributed by atoms with Crippen molar-refractivity contribution in [3.63, 3.8) is 0 Å². The van der Waals surface area contributed by atoms with Crippen molar-refractivity contribution in [2.75, 3.05) is 31.6 Å². The van der Waals surface area contributed by atoms with Crippen molar-refractivity contribution in [3.8, 4) is 5.75 Å². The maximum Gasteiger partial charge on any atom is 0.573 e. The number of alkyl halides is 3. The number of nitrogens with one attached hydrogen (secondary N) is 1. The van der Waals surface area contributed by atoms with E-state index < -0.39 is 6.36 Å². The lowest BCUT2D eigenvalue weighted by molar-refractivity contribution is -0.274. The Hall–Kier alpha value is -2.51. The van der Waals surface area contributed by atoms with Gasteiger partial charge in [-0.05, 0) is 6.07 Å². The summed E-state index contributed by atoms with van der Waals surface area (Å²) in [6.45, 7) is 1.12. The highest BCUT2D eigenvalue weighted by molar-refractivity contribution is 14.0. The second-order valence-corrected chi connectivity index (χ2v) is 6.40. The number of nitrogens with zero attached hydrogens (tertiary/aromatic N) is 5. The molecule has 30 heavy (non-hydrogen) atoms. The summed E-state index contributed by atoms with van der Waals surface area (Å²) in [5.74, 6) is 0.0272. The van der Waals surface area contributed by atoms with Crippen LogP contribution in [0, 0.1) is 0 Å². The standard InChI is InChI=1S/C18H21F3N6O2.HI/c1-22-17(23-9-13-5-3-4-6-15(13)29-18(19,20)21)26-7-8-27(16(28)12-26)14-10-24-25(2)11-14;/h3-6,10-11H,7-9,12H2,1-2H3,(H,22,23);1H. The van der Waals surface area contributed by atoms with Gasteiger partial charge in [0.05, 0.1) is 11.9 Å². The predicted molar refractivity (Wildman–Crippen MR) is 116 cm³/mol. The Balaban J connectivity index is 0.00000320. The number of aryl methyl sites for hydroxylation is 1. The van der Waals surface area contributed by atoms with Crippen LogP contribution in [-0.2, 0) is 18.4 Å². The Morgan fingerprint density at radius 2 is 2.03 bits per heavy atom. The van der Waals surface area contributed by atoms with E-state index in [0.29, 0.717) is 24.6 Å². The van der Waals surface area contributed by atoms with Crippen LogP contribution in [-0.4, -0.2) is 59.6 Å². The summed E-state index contributed by atoms with van der Waals surface area (Å²) in [5.41, 5.74) is 1.05. The number of benzene rings is 1. The maximum absolute atomic E-state index is 12.6. The van der Waals surface area contributed by atoms with E-state index in [0.717, 1.165) is 5.69 Å². The molecule has 0 unspecified atom stereocenters. The van der Waals surface area contributed by atoms with Gasteiger partial charge in [0.25, 0.3) is 0 Å². The predicted octanol–water partition coefficient (Wildman–Crippen LogP) is 2.36. The monoisotopic (exact) mass is 538 g/mol. The average molecular weight is 538 g/mol. The Kier molecular flexibility index (Phi) is 7.92. The lowest BCUT2D eigenvalue weighted by atomic mass is 10.2. The van der Waals surface area contributed by atoms with Crippen molar-refractivity contribution < 1.29 is 22.7 Å². The molecule has 0 atom stereocenters. The fraction of sp³-hybridized carbons (Fsp3) is 0.389. The molecule has 0 aliphatic carbocycles. The van der Waals surface area contributed by atoms with Gasteiger partial charge in [-0.3, -0.25) is 14.5 Å². The Labute approximate surface area is 188 Å². The second kappa shape index (κ2) is 10.00. The first-order valence-corrected chi connectivity index (χ1v) is 8.85. The number of rotatable bonds is 4. The largest absolute Gasteiger partial charge is 0.573 e. The van der Waals surface area contributed by atoms with Crippen molar-refractivity contribution in [2.45, 2.75) is 12.9 Å². The summed E-state index contributed by atoms with van der Waals surface area (Å²) in [7, 11) is 3.33. The minimum absolute atomic E-state index is 0. The lowest BCUT2D eigenvalue weighted by Gasteiger charge is -2.35. The number of piperazine rings is 1. The number of para-hydroxylation sites is 1. The summed E-state index contributed by atoms with van der Waals surface area (Å²) < 4.78 is 43.4. The molecule has 1 amide bonds. The molecule has 3 rings (SSSR count). The van der Waals surface area contributed by atoms with E-state index in [-0.39, 0.29) is 48.7 Å². The summed E-state index contributed by atoms with van der Waals surface area (Å²) in [6.07, 6.45) is -1.39. The molecule has 1 aliphatic rings. The molecule has 0 radical (unpaired) electrons. The number of anilines is 1. The SMILES string of the molecule is CN=C(NCc1ccccc1OC(F)(F)F)N1CCN(c2cnn(C)c2)C(=O)C1.I. The van der Waals surface area contributed by atoms with E-state index in [2.05, 4.69) is 20.1 Å². The highest BCUT2D eigenvalue weighted by Crippen LogP contribution is 2.26. The van der Waals surface area contributed by atoms with Crippen molar-refractivity contribution >= 4 is 41.5 Å². The molecule has 0 saturated carbocycles. The number of guanidine groups is 1. The van der Waals surface area contributed by atoms with E-state index in [9.17, 15) is 18.0 Å². The van der Waals surface area contributed by atoms with Crippen molar-refractivity contribution in [1.29, 1.82) is 0 Å². The molecule has 1 fully saturated rings. The van der Waals surface area contributed by atoms with Crippen LogP contribution in [0.1, 0.15) is 5.56 Å². The van der Waals surface area contributed by atoms with Gasteiger partial charge in [0.15, 0.2) is 5.96 Å². The molecule has 1 N–H and O–H groups in total. The van der Waals surface area contributed by atoms with Crippen LogP contribution in [0.3, 0.4) is 0 Å². The van der Waals surface area contributed by atoms with E-state index >= 15 is 0 Å². The Bertz CT molecular complexity index is 902. The summed E-state index contributed by atoms with van der Waals surface area (Å²) in [4.78, 5) is 20.1. The highest BCUT2D eigenvalue weighted by atomic mass is 127. The molecule has 2 heterocycles. The minimum atomic E-state index is -4.77. The first kappa shape index (κ1) is 23.8. The normalized spacial score (nSPS) is 15.1. The van der Waals surface area contributed by atoms with Gasteiger partial charge >= 0.3 is 6.36 Å². The fourth-order valence-corrected chi connectivity index (χ4v) is 3.06. The van der Waals surface area contributed by atoms with Crippen LogP contribution < -0.4 is 15.0 Å². The molecule has 1 aromatic heterocycles. The molecular weight excluding hydrogens is 516 g/mol. The third-order valence-electron chi connectivity index (χ3n) is 4.37.